The minimum absolute atomic E-state index is 0.134. The number of fused-ring (bicyclic) bond motifs is 3. The Morgan fingerprint density at radius 3 is 2.42 bits per heavy atom. The topological polar surface area (TPSA) is 83.8 Å². The third-order valence-corrected chi connectivity index (χ3v) is 8.05. The third kappa shape index (κ3) is 3.75. The number of ether oxygens (including phenoxy) is 2. The molecule has 5 atom stereocenters. The monoisotopic (exact) mass is 572 g/mol. The van der Waals surface area contributed by atoms with Crippen molar-refractivity contribution in [3.8, 4) is 11.6 Å². The molecular weight excluding hydrogens is 544 g/mol. The molecule has 3 aromatic rings. The molecule has 1 fully saturated rings. The van der Waals surface area contributed by atoms with Crippen LogP contribution in [0.1, 0.15) is 43.4 Å². The van der Waals surface area contributed by atoms with Gasteiger partial charge in [0, 0.05) is 34.5 Å². The lowest BCUT2D eigenvalue weighted by molar-refractivity contribution is -0.152. The molecule has 8 heteroatoms. The van der Waals surface area contributed by atoms with E-state index in [9.17, 15) is 10.2 Å². The molecule has 1 aromatic heterocycles. The Morgan fingerprint density at radius 1 is 1.14 bits per heavy atom. The number of methoxy groups -OCH3 is 1. The van der Waals surface area contributed by atoms with E-state index in [1.54, 1.807) is 6.07 Å². The maximum absolute atomic E-state index is 12.8. The number of benzene rings is 2. The highest BCUT2D eigenvalue weighted by atomic mass is 79.9. The van der Waals surface area contributed by atoms with Crippen molar-refractivity contribution < 1.29 is 19.7 Å². The molecule has 0 radical (unpaired) electrons. The Bertz CT molecular complexity index is 1270. The molecule has 1 aliphatic heterocycles. The van der Waals surface area contributed by atoms with Crippen LogP contribution in [-0.4, -0.2) is 40.5 Å². The van der Waals surface area contributed by atoms with E-state index in [2.05, 4.69) is 47.0 Å². The minimum atomic E-state index is -1.87. The van der Waals surface area contributed by atoms with Gasteiger partial charge in [-0.25, -0.2) is 4.98 Å². The van der Waals surface area contributed by atoms with Gasteiger partial charge in [0.05, 0.1) is 18.8 Å². The smallest absolute Gasteiger partial charge is 0.224 e. The highest BCUT2D eigenvalue weighted by Gasteiger charge is 2.76. The van der Waals surface area contributed by atoms with Gasteiger partial charge in [0.15, 0.2) is 11.2 Å². The first-order valence-corrected chi connectivity index (χ1v) is 13.1. The summed E-state index contributed by atoms with van der Waals surface area (Å²) in [5, 5.41) is 28.6. The summed E-state index contributed by atoms with van der Waals surface area (Å²) in [4.78, 5) is 4.32. The molecule has 0 saturated heterocycles. The molecule has 5 unspecified atom stereocenters. The van der Waals surface area contributed by atoms with Gasteiger partial charge in [0.25, 0.3) is 0 Å². The zero-order valence-corrected chi connectivity index (χ0v) is 23.0. The van der Waals surface area contributed by atoms with Crippen LogP contribution in [0.2, 0.25) is 5.15 Å². The molecule has 5 rings (SSSR count). The summed E-state index contributed by atoms with van der Waals surface area (Å²) in [5.74, 6) is -0.354. The number of pyridine rings is 1. The van der Waals surface area contributed by atoms with Gasteiger partial charge in [-0.3, -0.25) is 0 Å². The Labute approximate surface area is 224 Å². The summed E-state index contributed by atoms with van der Waals surface area (Å²) in [7, 11) is 1.47. The molecule has 0 bridgehead atoms. The van der Waals surface area contributed by atoms with E-state index < -0.39 is 29.1 Å². The van der Waals surface area contributed by atoms with Crippen LogP contribution in [0.5, 0.6) is 11.6 Å². The van der Waals surface area contributed by atoms with Crippen LogP contribution in [0, 0.1) is 5.92 Å². The van der Waals surface area contributed by atoms with Crippen molar-refractivity contribution in [1.29, 1.82) is 0 Å². The SMILES string of the molecule is COc1nc(Cl)cc2c1C1(O)C(O)C(CNC(C)(C)C)C(c3ccccc3)C1(c1ccc(Br)cc1)O2. The lowest BCUT2D eigenvalue weighted by Gasteiger charge is -2.41. The van der Waals surface area contributed by atoms with E-state index in [-0.39, 0.29) is 16.6 Å². The summed E-state index contributed by atoms with van der Waals surface area (Å²) in [6.07, 6.45) is -1.21. The second-order valence-corrected chi connectivity index (χ2v) is 11.9. The molecule has 1 saturated carbocycles. The van der Waals surface area contributed by atoms with Crippen molar-refractivity contribution in [3.05, 3.63) is 87.0 Å². The number of hydrogen-bond donors (Lipinski definition) is 3. The predicted molar refractivity (Wildman–Crippen MR) is 143 cm³/mol. The normalized spacial score (nSPS) is 28.9. The van der Waals surface area contributed by atoms with Gasteiger partial charge in [-0.2, -0.15) is 0 Å². The quantitative estimate of drug-likeness (QED) is 0.367. The van der Waals surface area contributed by atoms with Crippen molar-refractivity contribution in [2.75, 3.05) is 13.7 Å². The fourth-order valence-electron chi connectivity index (χ4n) is 5.90. The first-order chi connectivity index (χ1) is 17.0. The largest absolute Gasteiger partial charge is 0.481 e. The minimum Gasteiger partial charge on any atom is -0.481 e. The highest BCUT2D eigenvalue weighted by Crippen LogP contribution is 2.69. The van der Waals surface area contributed by atoms with E-state index >= 15 is 0 Å². The average molecular weight is 574 g/mol. The van der Waals surface area contributed by atoms with E-state index in [4.69, 9.17) is 21.1 Å². The van der Waals surface area contributed by atoms with E-state index in [0.717, 1.165) is 15.6 Å². The summed E-state index contributed by atoms with van der Waals surface area (Å²) in [5.41, 5.74) is -1.46. The standard InChI is InChI=1S/C28H30BrClN2O4/c1-26(2,3)31-15-19-22(16-8-6-5-7-9-16)28(17-10-12-18(29)13-11-17)27(34,24(19)33)23-20(36-28)14-21(30)32-25(23)35-4/h5-14,19,22,24,31,33-34H,15H2,1-4H3. The first-order valence-electron chi connectivity index (χ1n) is 11.9. The van der Waals surface area contributed by atoms with Gasteiger partial charge in [0.1, 0.15) is 10.9 Å². The molecule has 190 valence electrons. The van der Waals surface area contributed by atoms with Gasteiger partial charge >= 0.3 is 0 Å². The summed E-state index contributed by atoms with van der Waals surface area (Å²) < 4.78 is 13.3. The number of hydrogen-bond acceptors (Lipinski definition) is 6. The second kappa shape index (κ2) is 8.99. The summed E-state index contributed by atoms with van der Waals surface area (Å²) >= 11 is 9.83. The third-order valence-electron chi connectivity index (χ3n) is 7.33. The maximum atomic E-state index is 12.8. The second-order valence-electron chi connectivity index (χ2n) is 10.6. The zero-order chi connectivity index (χ0) is 25.9. The van der Waals surface area contributed by atoms with Crippen LogP contribution >= 0.6 is 27.5 Å². The molecule has 6 nitrogen and oxygen atoms in total. The van der Waals surface area contributed by atoms with Crippen LogP contribution in [0.4, 0.5) is 0 Å². The number of rotatable bonds is 5. The number of aliphatic hydroxyl groups is 2. The first kappa shape index (κ1) is 25.5. The number of aromatic nitrogens is 1. The van der Waals surface area contributed by atoms with E-state index in [1.807, 2.05) is 54.6 Å². The molecular formula is C28H30BrClN2O4. The van der Waals surface area contributed by atoms with Crippen molar-refractivity contribution in [2.24, 2.45) is 5.92 Å². The van der Waals surface area contributed by atoms with Gasteiger partial charge in [0.2, 0.25) is 5.88 Å². The van der Waals surface area contributed by atoms with Crippen molar-refractivity contribution >= 4 is 27.5 Å². The van der Waals surface area contributed by atoms with Crippen LogP contribution in [0.15, 0.2) is 65.1 Å². The molecule has 2 heterocycles. The van der Waals surface area contributed by atoms with Crippen LogP contribution < -0.4 is 14.8 Å². The van der Waals surface area contributed by atoms with Crippen molar-refractivity contribution in [3.63, 3.8) is 0 Å². The molecule has 1 aliphatic carbocycles. The molecule has 0 amide bonds. The molecule has 0 spiro atoms. The van der Waals surface area contributed by atoms with E-state index in [0.29, 0.717) is 17.9 Å². The lowest BCUT2D eigenvalue weighted by Crippen LogP contribution is -2.52. The molecule has 36 heavy (non-hydrogen) atoms. The number of nitrogens with zero attached hydrogens (tertiary/aromatic N) is 1. The maximum Gasteiger partial charge on any atom is 0.224 e. The fourth-order valence-corrected chi connectivity index (χ4v) is 6.34. The van der Waals surface area contributed by atoms with E-state index in [1.165, 1.54) is 7.11 Å². The van der Waals surface area contributed by atoms with Crippen molar-refractivity contribution in [1.82, 2.24) is 10.3 Å². The fraction of sp³-hybridized carbons (Fsp3) is 0.393. The van der Waals surface area contributed by atoms with Gasteiger partial charge in [-0.05, 0) is 44.0 Å². The predicted octanol–water partition coefficient (Wildman–Crippen LogP) is 5.14. The number of nitrogens with one attached hydrogen (secondary N) is 1. The van der Waals surface area contributed by atoms with Crippen LogP contribution in [0.25, 0.3) is 0 Å². The molecule has 2 aliphatic rings. The van der Waals surface area contributed by atoms with Crippen LogP contribution in [0.3, 0.4) is 0 Å². The van der Waals surface area contributed by atoms with Gasteiger partial charge in [-0.1, -0.05) is 70.0 Å². The average Bonchev–Trinajstić information content (AvgIpc) is 3.20. The Hall–Kier alpha value is -2.16. The Kier molecular flexibility index (Phi) is 6.37. The van der Waals surface area contributed by atoms with Gasteiger partial charge in [-0.15, -0.1) is 0 Å². The lowest BCUT2D eigenvalue weighted by atomic mass is 9.71. The molecule has 3 N–H and O–H groups in total. The van der Waals surface area contributed by atoms with Gasteiger partial charge < -0.3 is 25.0 Å². The number of aliphatic hydroxyl groups excluding tert-OH is 1. The number of halogens is 2. The molecule has 2 aromatic carbocycles. The van der Waals surface area contributed by atoms with Crippen molar-refractivity contribution in [2.45, 2.75) is 49.5 Å². The highest BCUT2D eigenvalue weighted by molar-refractivity contribution is 9.10. The Morgan fingerprint density at radius 2 is 1.81 bits per heavy atom. The Balaban J connectivity index is 1.82. The van der Waals surface area contributed by atoms with Crippen LogP contribution in [-0.2, 0) is 11.2 Å². The summed E-state index contributed by atoms with van der Waals surface area (Å²) in [6.45, 7) is 6.68. The summed E-state index contributed by atoms with van der Waals surface area (Å²) in [6, 6.07) is 19.2. The zero-order valence-electron chi connectivity index (χ0n) is 20.6.